The highest BCUT2D eigenvalue weighted by Gasteiger charge is 2.46. The molecule has 0 aliphatic carbocycles. The maximum absolute atomic E-state index is 5.89. The third kappa shape index (κ3) is 3.22. The summed E-state index contributed by atoms with van der Waals surface area (Å²) in [5.74, 6) is 2.60. The second-order valence-electron chi connectivity index (χ2n) is 8.06. The lowest BCUT2D eigenvalue weighted by molar-refractivity contribution is 0.0341. The van der Waals surface area contributed by atoms with Crippen molar-refractivity contribution in [2.45, 2.75) is 38.6 Å². The van der Waals surface area contributed by atoms with Gasteiger partial charge in [0.15, 0.2) is 0 Å². The van der Waals surface area contributed by atoms with Gasteiger partial charge in [-0.25, -0.2) is 4.98 Å². The quantitative estimate of drug-likeness (QED) is 0.755. The van der Waals surface area contributed by atoms with E-state index >= 15 is 0 Å². The zero-order valence-corrected chi connectivity index (χ0v) is 16.5. The SMILES string of the molecule is CNc1cc(N2CCC3(CC2)c2nc[nH]c2CCN3CC(C)C)nc(N)n1. The van der Waals surface area contributed by atoms with Gasteiger partial charge in [-0.1, -0.05) is 13.8 Å². The van der Waals surface area contributed by atoms with Crippen LogP contribution in [-0.4, -0.2) is 58.1 Å². The van der Waals surface area contributed by atoms with E-state index in [0.29, 0.717) is 11.9 Å². The molecular formula is C19H30N8. The summed E-state index contributed by atoms with van der Waals surface area (Å²) in [5, 5.41) is 3.06. The molecule has 0 radical (unpaired) electrons. The molecule has 2 aromatic heterocycles. The van der Waals surface area contributed by atoms with Gasteiger partial charge >= 0.3 is 0 Å². The molecule has 1 spiro atoms. The molecule has 27 heavy (non-hydrogen) atoms. The van der Waals surface area contributed by atoms with Crippen molar-refractivity contribution < 1.29 is 0 Å². The Balaban J connectivity index is 1.60. The molecule has 0 unspecified atom stereocenters. The van der Waals surface area contributed by atoms with Crippen LogP contribution in [0.4, 0.5) is 17.6 Å². The molecule has 4 rings (SSSR count). The van der Waals surface area contributed by atoms with E-state index in [0.717, 1.165) is 57.1 Å². The Morgan fingerprint density at radius 1 is 1.26 bits per heavy atom. The van der Waals surface area contributed by atoms with Crippen LogP contribution in [0.2, 0.25) is 0 Å². The fourth-order valence-electron chi connectivity index (χ4n) is 4.63. The van der Waals surface area contributed by atoms with E-state index in [1.807, 2.05) is 19.4 Å². The van der Waals surface area contributed by atoms with E-state index in [1.54, 1.807) is 0 Å². The fourth-order valence-corrected chi connectivity index (χ4v) is 4.63. The number of imidazole rings is 1. The second-order valence-corrected chi connectivity index (χ2v) is 8.06. The Labute approximate surface area is 160 Å². The average molecular weight is 371 g/mol. The van der Waals surface area contributed by atoms with Gasteiger partial charge in [0.2, 0.25) is 5.95 Å². The zero-order valence-electron chi connectivity index (χ0n) is 16.5. The van der Waals surface area contributed by atoms with E-state index in [2.05, 4.69) is 43.9 Å². The standard InChI is InChI=1S/C19H30N8/c1-13(2)11-27-7-4-14-17(23-12-22-14)19(27)5-8-26(9-6-19)16-10-15(21-3)24-18(20)25-16/h10,12-13H,4-9,11H2,1-3H3,(H,22,23)(H3,20,21,24,25). The smallest absolute Gasteiger partial charge is 0.223 e. The molecule has 0 amide bonds. The highest BCUT2D eigenvalue weighted by atomic mass is 15.3. The molecule has 8 nitrogen and oxygen atoms in total. The largest absolute Gasteiger partial charge is 0.373 e. The minimum Gasteiger partial charge on any atom is -0.373 e. The molecule has 0 saturated carbocycles. The molecular weight excluding hydrogens is 340 g/mol. The molecule has 1 saturated heterocycles. The van der Waals surface area contributed by atoms with Gasteiger partial charge in [0, 0.05) is 51.4 Å². The van der Waals surface area contributed by atoms with Crippen LogP contribution < -0.4 is 16.0 Å². The number of nitrogen functional groups attached to an aromatic ring is 1. The van der Waals surface area contributed by atoms with Crippen molar-refractivity contribution >= 4 is 17.6 Å². The monoisotopic (exact) mass is 370 g/mol. The molecule has 1 fully saturated rings. The maximum atomic E-state index is 5.89. The number of aromatic nitrogens is 4. The first kappa shape index (κ1) is 18.0. The van der Waals surface area contributed by atoms with Crippen molar-refractivity contribution in [2.75, 3.05) is 49.2 Å². The van der Waals surface area contributed by atoms with Crippen molar-refractivity contribution in [1.82, 2.24) is 24.8 Å². The number of anilines is 3. The number of hydrogen-bond acceptors (Lipinski definition) is 7. The third-order valence-electron chi connectivity index (χ3n) is 5.88. The third-order valence-corrected chi connectivity index (χ3v) is 5.88. The first-order valence-corrected chi connectivity index (χ1v) is 9.87. The van der Waals surface area contributed by atoms with Crippen LogP contribution in [0.25, 0.3) is 0 Å². The molecule has 0 bridgehead atoms. The molecule has 2 aliphatic heterocycles. The summed E-state index contributed by atoms with van der Waals surface area (Å²) in [6.07, 6.45) is 5.00. The number of nitrogens with one attached hydrogen (secondary N) is 2. The van der Waals surface area contributed by atoms with E-state index in [-0.39, 0.29) is 5.54 Å². The number of nitrogens with zero attached hydrogens (tertiary/aromatic N) is 5. The molecule has 0 atom stereocenters. The van der Waals surface area contributed by atoms with Crippen LogP contribution >= 0.6 is 0 Å². The van der Waals surface area contributed by atoms with Gasteiger partial charge in [-0.3, -0.25) is 4.90 Å². The number of piperidine rings is 1. The predicted octanol–water partition coefficient (Wildman–Crippen LogP) is 1.83. The summed E-state index contributed by atoms with van der Waals surface area (Å²) in [6, 6.07) is 1.97. The lowest BCUT2D eigenvalue weighted by Crippen LogP contribution is -2.57. The Morgan fingerprint density at radius 3 is 2.74 bits per heavy atom. The highest BCUT2D eigenvalue weighted by molar-refractivity contribution is 5.53. The molecule has 8 heteroatoms. The van der Waals surface area contributed by atoms with Gasteiger partial charge in [0.25, 0.3) is 0 Å². The molecule has 2 aromatic rings. The lowest BCUT2D eigenvalue weighted by atomic mass is 9.78. The summed E-state index contributed by atoms with van der Waals surface area (Å²) in [6.45, 7) is 8.66. The van der Waals surface area contributed by atoms with Crippen molar-refractivity contribution in [3.63, 3.8) is 0 Å². The van der Waals surface area contributed by atoms with Crippen LogP contribution in [0.1, 0.15) is 38.1 Å². The van der Waals surface area contributed by atoms with E-state index in [4.69, 9.17) is 10.7 Å². The molecule has 2 aliphatic rings. The van der Waals surface area contributed by atoms with E-state index < -0.39 is 0 Å². The molecule has 146 valence electrons. The Hall–Kier alpha value is -2.35. The summed E-state index contributed by atoms with van der Waals surface area (Å²) < 4.78 is 0. The first-order valence-electron chi connectivity index (χ1n) is 9.87. The van der Waals surface area contributed by atoms with Crippen LogP contribution in [0.5, 0.6) is 0 Å². The number of rotatable bonds is 4. The average Bonchev–Trinajstić information content (AvgIpc) is 3.14. The minimum absolute atomic E-state index is 0.0266. The second kappa shape index (κ2) is 6.99. The van der Waals surface area contributed by atoms with Crippen LogP contribution in [0.15, 0.2) is 12.4 Å². The van der Waals surface area contributed by atoms with Crippen molar-refractivity contribution in [1.29, 1.82) is 0 Å². The molecule has 4 N–H and O–H groups in total. The van der Waals surface area contributed by atoms with Gasteiger partial charge in [-0.2, -0.15) is 9.97 Å². The van der Waals surface area contributed by atoms with E-state index in [1.165, 1.54) is 11.4 Å². The van der Waals surface area contributed by atoms with Crippen LogP contribution in [-0.2, 0) is 12.0 Å². The summed E-state index contributed by atoms with van der Waals surface area (Å²) in [4.78, 5) is 21.8. The van der Waals surface area contributed by atoms with Gasteiger partial charge < -0.3 is 20.9 Å². The fraction of sp³-hybridized carbons (Fsp3) is 0.632. The van der Waals surface area contributed by atoms with Crippen molar-refractivity contribution in [3.8, 4) is 0 Å². The van der Waals surface area contributed by atoms with Crippen LogP contribution in [0, 0.1) is 5.92 Å². The minimum atomic E-state index is 0.0266. The number of H-pyrrole nitrogens is 1. The summed E-state index contributed by atoms with van der Waals surface area (Å²) in [5.41, 5.74) is 8.49. The number of aromatic amines is 1. The highest BCUT2D eigenvalue weighted by Crippen LogP contribution is 2.43. The molecule has 4 heterocycles. The Kier molecular flexibility index (Phi) is 4.67. The summed E-state index contributed by atoms with van der Waals surface area (Å²) in [7, 11) is 1.85. The summed E-state index contributed by atoms with van der Waals surface area (Å²) >= 11 is 0. The van der Waals surface area contributed by atoms with Gasteiger partial charge in [0.1, 0.15) is 11.6 Å². The molecule has 0 aromatic carbocycles. The maximum Gasteiger partial charge on any atom is 0.223 e. The van der Waals surface area contributed by atoms with Crippen LogP contribution in [0.3, 0.4) is 0 Å². The number of hydrogen-bond donors (Lipinski definition) is 3. The number of nitrogens with two attached hydrogens (primary N) is 1. The lowest BCUT2D eigenvalue weighted by Gasteiger charge is -2.51. The Bertz CT molecular complexity index is 791. The number of fused-ring (bicyclic) bond motifs is 2. The van der Waals surface area contributed by atoms with Crippen molar-refractivity contribution in [3.05, 3.63) is 23.8 Å². The van der Waals surface area contributed by atoms with Gasteiger partial charge in [-0.15, -0.1) is 0 Å². The normalized spacial score (nSPS) is 19.5. The van der Waals surface area contributed by atoms with Gasteiger partial charge in [-0.05, 0) is 18.8 Å². The Morgan fingerprint density at radius 2 is 2.04 bits per heavy atom. The van der Waals surface area contributed by atoms with E-state index in [9.17, 15) is 0 Å². The predicted molar refractivity (Wildman–Crippen MR) is 108 cm³/mol. The topological polar surface area (TPSA) is 99.0 Å². The van der Waals surface area contributed by atoms with Crippen molar-refractivity contribution in [2.24, 2.45) is 5.92 Å². The zero-order chi connectivity index (χ0) is 19.0. The van der Waals surface area contributed by atoms with Gasteiger partial charge in [0.05, 0.1) is 17.6 Å². The first-order chi connectivity index (χ1) is 13.0.